The van der Waals surface area contributed by atoms with Crippen LogP contribution in [-0.4, -0.2) is 21.4 Å². The first-order valence-electron chi connectivity index (χ1n) is 8.45. The summed E-state index contributed by atoms with van der Waals surface area (Å²) in [6.45, 7) is 1.81. The van der Waals surface area contributed by atoms with Gasteiger partial charge in [-0.2, -0.15) is 0 Å². The minimum atomic E-state index is -0.628. The summed E-state index contributed by atoms with van der Waals surface area (Å²) in [6, 6.07) is 16.9. The topological polar surface area (TPSA) is 65.3 Å². The zero-order valence-electron chi connectivity index (χ0n) is 14.6. The van der Waals surface area contributed by atoms with E-state index in [1.807, 2.05) is 54.6 Å². The molecule has 0 unspecified atom stereocenters. The lowest BCUT2D eigenvalue weighted by molar-refractivity contribution is -0.122. The maximum atomic E-state index is 12.9. The van der Waals surface area contributed by atoms with Crippen LogP contribution in [0.5, 0.6) is 5.75 Å². The van der Waals surface area contributed by atoms with E-state index in [0.717, 1.165) is 17.0 Å². The third-order valence-electron chi connectivity index (χ3n) is 4.74. The average molecular weight is 349 g/mol. The lowest BCUT2D eigenvalue weighted by Gasteiger charge is -2.10. The van der Waals surface area contributed by atoms with Crippen LogP contribution < -0.4 is 15.6 Å². The fourth-order valence-electron chi connectivity index (χ4n) is 3.24. The van der Waals surface area contributed by atoms with Crippen LogP contribution >= 0.6 is 0 Å². The van der Waals surface area contributed by atoms with E-state index in [9.17, 15) is 9.59 Å². The second kappa shape index (κ2) is 6.22. The normalized spacial score (nSPS) is 15.4. The molecule has 0 saturated carbocycles. The van der Waals surface area contributed by atoms with Gasteiger partial charge >= 0.3 is 0 Å². The van der Waals surface area contributed by atoms with Crippen LogP contribution in [-0.2, 0) is 18.3 Å². The summed E-state index contributed by atoms with van der Waals surface area (Å²) in [7, 11) is 1.79. The molecule has 0 radical (unpaired) electrons. The Morgan fingerprint density at radius 2 is 1.81 bits per heavy atom. The van der Waals surface area contributed by atoms with Crippen LogP contribution in [0.25, 0.3) is 5.69 Å². The zero-order chi connectivity index (χ0) is 18.3. The number of hydrogen-bond acceptors (Lipinski definition) is 3. The third-order valence-corrected chi connectivity index (χ3v) is 4.74. The molecule has 4 rings (SSSR count). The summed E-state index contributed by atoms with van der Waals surface area (Å²) < 4.78 is 8.99. The number of benzene rings is 2. The van der Waals surface area contributed by atoms with Gasteiger partial charge in [0, 0.05) is 13.5 Å². The van der Waals surface area contributed by atoms with Gasteiger partial charge in [-0.15, -0.1) is 0 Å². The van der Waals surface area contributed by atoms with Crippen LogP contribution in [0.3, 0.4) is 0 Å². The van der Waals surface area contributed by atoms with Crippen LogP contribution in [0.1, 0.15) is 11.3 Å². The number of para-hydroxylation sites is 2. The molecule has 0 bridgehead atoms. The number of anilines is 1. The van der Waals surface area contributed by atoms with Crippen molar-refractivity contribution in [3.05, 3.63) is 76.2 Å². The number of nitrogens with one attached hydrogen (secondary N) is 1. The standard InChI is InChI=1S/C20H19N3O3/c1-13-18(20(25)23(22(13)2)15-9-4-3-5-10-15)21-19(24)17-12-14-8-6-7-11-16(14)26-17/h3-11,17H,12H2,1-2H3,(H,21,24)/t17-/m1/s1. The molecule has 6 nitrogen and oxygen atoms in total. The smallest absolute Gasteiger partial charge is 0.295 e. The van der Waals surface area contributed by atoms with E-state index < -0.39 is 6.10 Å². The van der Waals surface area contributed by atoms with Gasteiger partial charge in [0.05, 0.1) is 11.4 Å². The molecule has 26 heavy (non-hydrogen) atoms. The Morgan fingerprint density at radius 1 is 1.12 bits per heavy atom. The number of carbonyl (C=O) groups is 1. The fraction of sp³-hybridized carbons (Fsp3) is 0.200. The highest BCUT2D eigenvalue weighted by Gasteiger charge is 2.30. The largest absolute Gasteiger partial charge is 0.480 e. The predicted molar refractivity (Wildman–Crippen MR) is 98.9 cm³/mol. The number of fused-ring (bicyclic) bond motifs is 1. The van der Waals surface area contributed by atoms with Crippen LogP contribution in [0.15, 0.2) is 59.4 Å². The Labute approximate surface area is 150 Å². The van der Waals surface area contributed by atoms with E-state index in [1.54, 1.807) is 18.7 Å². The molecule has 3 aromatic rings. The Bertz CT molecular complexity index is 1010. The predicted octanol–water partition coefficient (Wildman–Crippen LogP) is 2.43. The molecule has 2 heterocycles. The van der Waals surface area contributed by atoms with Crippen molar-refractivity contribution in [2.45, 2.75) is 19.4 Å². The van der Waals surface area contributed by atoms with E-state index in [2.05, 4.69) is 5.32 Å². The molecule has 0 spiro atoms. The summed E-state index contributed by atoms with van der Waals surface area (Å²) >= 11 is 0. The number of ether oxygens (including phenoxy) is 1. The van der Waals surface area contributed by atoms with Crippen molar-refractivity contribution < 1.29 is 9.53 Å². The molecule has 1 aliphatic heterocycles. The number of nitrogens with zero attached hydrogens (tertiary/aromatic N) is 2. The lowest BCUT2D eigenvalue weighted by Crippen LogP contribution is -2.33. The molecule has 6 heteroatoms. The molecular formula is C20H19N3O3. The summed E-state index contributed by atoms with van der Waals surface area (Å²) in [5.41, 5.74) is 2.44. The first-order chi connectivity index (χ1) is 12.6. The highest BCUT2D eigenvalue weighted by Crippen LogP contribution is 2.28. The average Bonchev–Trinajstić information content (AvgIpc) is 3.18. The van der Waals surface area contributed by atoms with Gasteiger partial charge in [-0.25, -0.2) is 4.68 Å². The Hall–Kier alpha value is -3.28. The van der Waals surface area contributed by atoms with E-state index >= 15 is 0 Å². The molecule has 1 amide bonds. The quantitative estimate of drug-likeness (QED) is 0.790. The first kappa shape index (κ1) is 16.2. The van der Waals surface area contributed by atoms with Crippen LogP contribution in [0, 0.1) is 6.92 Å². The van der Waals surface area contributed by atoms with E-state index in [0.29, 0.717) is 12.1 Å². The fourth-order valence-corrected chi connectivity index (χ4v) is 3.24. The van der Waals surface area contributed by atoms with Gasteiger partial charge in [0.15, 0.2) is 6.10 Å². The Balaban J connectivity index is 1.62. The van der Waals surface area contributed by atoms with E-state index in [-0.39, 0.29) is 17.2 Å². The Morgan fingerprint density at radius 3 is 2.54 bits per heavy atom. The van der Waals surface area contributed by atoms with E-state index in [1.165, 1.54) is 4.68 Å². The molecule has 132 valence electrons. The van der Waals surface area contributed by atoms with Crippen molar-refractivity contribution in [3.63, 3.8) is 0 Å². The number of aromatic nitrogens is 2. The van der Waals surface area contributed by atoms with Gasteiger partial charge in [0.1, 0.15) is 11.4 Å². The zero-order valence-corrected chi connectivity index (χ0v) is 14.6. The van der Waals surface area contributed by atoms with Gasteiger partial charge in [-0.05, 0) is 30.7 Å². The maximum absolute atomic E-state index is 12.9. The minimum absolute atomic E-state index is 0.264. The second-order valence-electron chi connectivity index (χ2n) is 6.34. The van der Waals surface area contributed by atoms with Crippen molar-refractivity contribution in [2.24, 2.45) is 7.05 Å². The number of rotatable bonds is 3. The summed E-state index contributed by atoms with van der Waals surface area (Å²) in [5, 5.41) is 2.77. The molecule has 1 atom stereocenters. The molecule has 0 saturated heterocycles. The molecule has 1 N–H and O–H groups in total. The minimum Gasteiger partial charge on any atom is -0.480 e. The lowest BCUT2D eigenvalue weighted by atomic mass is 10.1. The highest BCUT2D eigenvalue weighted by atomic mass is 16.5. The van der Waals surface area contributed by atoms with Gasteiger partial charge in [0.25, 0.3) is 11.5 Å². The van der Waals surface area contributed by atoms with Crippen LogP contribution in [0.4, 0.5) is 5.69 Å². The maximum Gasteiger partial charge on any atom is 0.295 e. The molecule has 1 aromatic heterocycles. The van der Waals surface area contributed by atoms with Gasteiger partial charge < -0.3 is 10.1 Å². The molecule has 1 aliphatic rings. The van der Waals surface area contributed by atoms with Crippen molar-refractivity contribution in [3.8, 4) is 11.4 Å². The molecule has 0 fully saturated rings. The van der Waals surface area contributed by atoms with Gasteiger partial charge in [-0.1, -0.05) is 36.4 Å². The second-order valence-corrected chi connectivity index (χ2v) is 6.34. The Kier molecular flexibility index (Phi) is 3.88. The number of carbonyl (C=O) groups excluding carboxylic acids is 1. The summed E-state index contributed by atoms with van der Waals surface area (Å²) in [4.78, 5) is 25.5. The number of amides is 1. The van der Waals surface area contributed by atoms with Crippen molar-refractivity contribution in [1.82, 2.24) is 9.36 Å². The van der Waals surface area contributed by atoms with Crippen molar-refractivity contribution >= 4 is 11.6 Å². The SMILES string of the molecule is Cc1c(NC(=O)[C@H]2Cc3ccccc3O2)c(=O)n(-c2ccccc2)n1C. The molecule has 2 aromatic carbocycles. The van der Waals surface area contributed by atoms with Gasteiger partial charge in [0.2, 0.25) is 0 Å². The monoisotopic (exact) mass is 349 g/mol. The van der Waals surface area contributed by atoms with Crippen molar-refractivity contribution in [2.75, 3.05) is 5.32 Å². The molecule has 0 aliphatic carbocycles. The van der Waals surface area contributed by atoms with E-state index in [4.69, 9.17) is 4.74 Å². The first-order valence-corrected chi connectivity index (χ1v) is 8.45. The van der Waals surface area contributed by atoms with Gasteiger partial charge in [-0.3, -0.25) is 14.3 Å². The summed E-state index contributed by atoms with van der Waals surface area (Å²) in [5.74, 6) is 0.409. The van der Waals surface area contributed by atoms with Crippen LogP contribution in [0.2, 0.25) is 0 Å². The van der Waals surface area contributed by atoms with Crippen molar-refractivity contribution in [1.29, 1.82) is 0 Å². The number of hydrogen-bond donors (Lipinski definition) is 1. The third kappa shape index (κ3) is 2.60. The summed E-state index contributed by atoms with van der Waals surface area (Å²) in [6.07, 6.45) is -0.127. The highest BCUT2D eigenvalue weighted by molar-refractivity contribution is 5.95. The molecular weight excluding hydrogens is 330 g/mol.